The first-order chi connectivity index (χ1) is 17.2. The average Bonchev–Trinajstić information content (AvgIpc) is 2.81. The van der Waals surface area contributed by atoms with Crippen LogP contribution < -0.4 is 9.47 Å². The average molecular weight is 511 g/mol. The third-order valence-corrected chi connectivity index (χ3v) is 5.68. The smallest absolute Gasteiger partial charge is 0.308 e. The van der Waals surface area contributed by atoms with Gasteiger partial charge in [0.2, 0.25) is 0 Å². The fraction of sp³-hybridized carbons (Fsp3) is 0.455. The second-order valence-electron chi connectivity index (χ2n) is 10.0. The van der Waals surface area contributed by atoms with E-state index in [1.165, 1.54) is 19.8 Å². The maximum absolute atomic E-state index is 11.0. The first-order valence-electron chi connectivity index (χ1n) is 13.0. The van der Waals surface area contributed by atoms with E-state index < -0.39 is 0 Å². The van der Waals surface area contributed by atoms with Crippen molar-refractivity contribution in [3.63, 3.8) is 0 Å². The van der Waals surface area contributed by atoms with Crippen molar-refractivity contribution in [1.82, 2.24) is 0 Å². The molecule has 0 unspecified atom stereocenters. The Bertz CT molecular complexity index is 981. The predicted molar refractivity (Wildman–Crippen MR) is 158 cm³/mol. The summed E-state index contributed by atoms with van der Waals surface area (Å²) < 4.78 is 10.2. The Morgan fingerprint density at radius 2 is 1.05 bits per heavy atom. The normalized spacial score (nSPS) is 10.1. The standard InChI is InChI=1S/C14H18O2.C13H16O2.2C3H8/c1-10(2)14(4,5)12-8-6-7-9-13(12)16-11(3)15;1-10(2)13(3,4)11-7-5-6-8-12(11)15-9-14;2*1-3-2/h6-9H,1H2,2-5H3;5-9H,1H2,2-4H3;2*3H2,1-2H3. The molecule has 0 spiro atoms. The summed E-state index contributed by atoms with van der Waals surface area (Å²) in [5.74, 6) is 0.911. The molecule has 0 saturated carbocycles. The molecule has 0 fully saturated rings. The van der Waals surface area contributed by atoms with Gasteiger partial charge in [0.05, 0.1) is 0 Å². The monoisotopic (exact) mass is 510 g/mol. The summed E-state index contributed by atoms with van der Waals surface area (Å²) in [6.45, 7) is 30.5. The van der Waals surface area contributed by atoms with Crippen LogP contribution in [0.3, 0.4) is 0 Å². The molecule has 2 aromatic rings. The molecule has 2 rings (SSSR count). The van der Waals surface area contributed by atoms with Gasteiger partial charge in [-0.25, -0.2) is 0 Å². The summed E-state index contributed by atoms with van der Waals surface area (Å²) in [7, 11) is 0. The van der Waals surface area contributed by atoms with E-state index in [1.54, 1.807) is 12.1 Å². The number of hydrogen-bond acceptors (Lipinski definition) is 4. The van der Waals surface area contributed by atoms with E-state index in [-0.39, 0.29) is 16.8 Å². The molecule has 0 N–H and O–H groups in total. The molecule has 0 aliphatic carbocycles. The van der Waals surface area contributed by atoms with Gasteiger partial charge in [0.25, 0.3) is 6.47 Å². The van der Waals surface area contributed by atoms with Gasteiger partial charge in [0.15, 0.2) is 0 Å². The number of para-hydroxylation sites is 2. The molecule has 206 valence electrons. The molecule has 0 aliphatic rings. The zero-order valence-corrected chi connectivity index (χ0v) is 25.2. The van der Waals surface area contributed by atoms with E-state index in [4.69, 9.17) is 9.47 Å². The fourth-order valence-corrected chi connectivity index (χ4v) is 2.82. The number of esters is 1. The minimum Gasteiger partial charge on any atom is -0.428 e. The Morgan fingerprint density at radius 1 is 0.730 bits per heavy atom. The summed E-state index contributed by atoms with van der Waals surface area (Å²) in [6.07, 6.45) is 2.50. The van der Waals surface area contributed by atoms with Crippen LogP contribution in [0.2, 0.25) is 0 Å². The van der Waals surface area contributed by atoms with E-state index in [0.29, 0.717) is 18.0 Å². The predicted octanol–water partition coefficient (Wildman–Crippen LogP) is 9.37. The Balaban J connectivity index is 0. The third-order valence-electron chi connectivity index (χ3n) is 5.68. The van der Waals surface area contributed by atoms with Gasteiger partial charge < -0.3 is 9.47 Å². The van der Waals surface area contributed by atoms with Crippen molar-refractivity contribution in [2.75, 3.05) is 0 Å². The third kappa shape index (κ3) is 12.6. The summed E-state index contributed by atoms with van der Waals surface area (Å²) in [4.78, 5) is 21.4. The number of benzene rings is 2. The Morgan fingerprint density at radius 3 is 1.38 bits per heavy atom. The van der Waals surface area contributed by atoms with E-state index in [9.17, 15) is 9.59 Å². The minimum absolute atomic E-state index is 0.195. The SMILES string of the molecule is C=C(C)C(C)(C)c1ccccc1OC(C)=O.C=C(C)C(C)(C)c1ccccc1OC=O.CCC.CCC. The molecule has 0 bridgehead atoms. The molecule has 0 atom stereocenters. The number of rotatable bonds is 7. The number of carbonyl (C=O) groups is 2. The number of allylic oxidation sites excluding steroid dienone is 2. The zero-order chi connectivity index (χ0) is 29.2. The minimum atomic E-state index is -0.301. The maximum atomic E-state index is 11.0. The largest absolute Gasteiger partial charge is 0.428 e. The van der Waals surface area contributed by atoms with Crippen LogP contribution in [-0.2, 0) is 20.4 Å². The fourth-order valence-electron chi connectivity index (χ4n) is 2.82. The Hall–Kier alpha value is -3.14. The molecular formula is C33H50O4. The first-order valence-corrected chi connectivity index (χ1v) is 13.0. The van der Waals surface area contributed by atoms with Crippen molar-refractivity contribution < 1.29 is 19.1 Å². The molecule has 4 heteroatoms. The van der Waals surface area contributed by atoms with E-state index >= 15 is 0 Å². The molecule has 4 nitrogen and oxygen atoms in total. The van der Waals surface area contributed by atoms with Gasteiger partial charge in [-0.2, -0.15) is 0 Å². The van der Waals surface area contributed by atoms with Gasteiger partial charge in [-0.3, -0.25) is 9.59 Å². The van der Waals surface area contributed by atoms with Crippen molar-refractivity contribution in [3.05, 3.63) is 84.0 Å². The summed E-state index contributed by atoms with van der Waals surface area (Å²) in [6, 6.07) is 15.1. The van der Waals surface area contributed by atoms with Crippen LogP contribution in [0.1, 0.15) is 100 Å². The molecular weight excluding hydrogens is 460 g/mol. The molecule has 0 aliphatic heterocycles. The van der Waals surface area contributed by atoms with Gasteiger partial charge in [0, 0.05) is 28.9 Å². The zero-order valence-electron chi connectivity index (χ0n) is 25.2. The van der Waals surface area contributed by atoms with Crippen molar-refractivity contribution >= 4 is 12.4 Å². The van der Waals surface area contributed by atoms with Crippen LogP contribution in [0.15, 0.2) is 72.8 Å². The second-order valence-corrected chi connectivity index (χ2v) is 10.0. The number of carbonyl (C=O) groups excluding carboxylic acids is 2. The summed E-state index contributed by atoms with van der Waals surface area (Å²) in [5, 5.41) is 0. The molecule has 0 amide bonds. The van der Waals surface area contributed by atoms with Gasteiger partial charge in [-0.1, -0.05) is 129 Å². The molecule has 37 heavy (non-hydrogen) atoms. The van der Waals surface area contributed by atoms with Gasteiger partial charge in [-0.05, 0) is 26.0 Å². The molecule has 0 saturated heterocycles. The van der Waals surface area contributed by atoms with Crippen LogP contribution in [0.25, 0.3) is 0 Å². The second kappa shape index (κ2) is 18.2. The topological polar surface area (TPSA) is 52.6 Å². The van der Waals surface area contributed by atoms with Crippen molar-refractivity contribution in [3.8, 4) is 11.5 Å². The van der Waals surface area contributed by atoms with Gasteiger partial charge in [-0.15, -0.1) is 0 Å². The van der Waals surface area contributed by atoms with Crippen molar-refractivity contribution in [2.45, 2.75) is 99.8 Å². The van der Waals surface area contributed by atoms with Crippen molar-refractivity contribution in [2.24, 2.45) is 0 Å². The van der Waals surface area contributed by atoms with Crippen LogP contribution in [-0.4, -0.2) is 12.4 Å². The number of ether oxygens (including phenoxy) is 2. The van der Waals surface area contributed by atoms with Gasteiger partial charge in [0.1, 0.15) is 11.5 Å². The Kier molecular flexibility index (Phi) is 17.7. The lowest BCUT2D eigenvalue weighted by Crippen LogP contribution is -2.20. The quantitative estimate of drug-likeness (QED) is 0.161. The van der Waals surface area contributed by atoms with Crippen LogP contribution >= 0.6 is 0 Å². The van der Waals surface area contributed by atoms with Crippen LogP contribution in [0.5, 0.6) is 11.5 Å². The molecule has 0 heterocycles. The van der Waals surface area contributed by atoms with E-state index in [0.717, 1.165) is 22.3 Å². The molecule has 0 radical (unpaired) electrons. The lowest BCUT2D eigenvalue weighted by atomic mass is 9.78. The highest BCUT2D eigenvalue weighted by atomic mass is 16.5. The van der Waals surface area contributed by atoms with Crippen LogP contribution in [0, 0.1) is 0 Å². The number of hydrogen-bond donors (Lipinski definition) is 0. The highest BCUT2D eigenvalue weighted by Crippen LogP contribution is 2.37. The van der Waals surface area contributed by atoms with E-state index in [2.05, 4.69) is 68.5 Å². The van der Waals surface area contributed by atoms with E-state index in [1.807, 2.05) is 50.2 Å². The molecule has 2 aromatic carbocycles. The summed E-state index contributed by atoms with van der Waals surface area (Å²) >= 11 is 0. The first kappa shape index (κ1) is 36.0. The highest BCUT2D eigenvalue weighted by molar-refractivity contribution is 5.70. The highest BCUT2D eigenvalue weighted by Gasteiger charge is 2.26. The maximum Gasteiger partial charge on any atom is 0.308 e. The molecule has 0 aromatic heterocycles. The van der Waals surface area contributed by atoms with Crippen LogP contribution in [0.4, 0.5) is 0 Å². The van der Waals surface area contributed by atoms with Gasteiger partial charge >= 0.3 is 5.97 Å². The lowest BCUT2D eigenvalue weighted by molar-refractivity contribution is -0.132. The summed E-state index contributed by atoms with van der Waals surface area (Å²) in [5.41, 5.74) is 3.63. The Labute approximate surface area is 226 Å². The van der Waals surface area contributed by atoms with Crippen molar-refractivity contribution in [1.29, 1.82) is 0 Å². The lowest BCUT2D eigenvalue weighted by Gasteiger charge is -2.27.